The summed E-state index contributed by atoms with van der Waals surface area (Å²) in [5.74, 6) is 0.692. The van der Waals surface area contributed by atoms with Crippen molar-refractivity contribution >= 4 is 54.3 Å². The molecule has 0 N–H and O–H groups in total. The molecular formula is C46H28N2O. The maximum Gasteiger partial charge on any atom is 0.160 e. The number of para-hydroxylation sites is 1. The van der Waals surface area contributed by atoms with Gasteiger partial charge >= 0.3 is 0 Å². The lowest BCUT2D eigenvalue weighted by Crippen LogP contribution is -1.96. The van der Waals surface area contributed by atoms with Crippen LogP contribution in [0.15, 0.2) is 174 Å². The number of hydrogen-bond acceptors (Lipinski definition) is 3. The van der Waals surface area contributed by atoms with Gasteiger partial charge in [-0.15, -0.1) is 0 Å². The maximum absolute atomic E-state index is 6.14. The van der Waals surface area contributed by atoms with E-state index in [1.54, 1.807) is 0 Å². The predicted molar refractivity (Wildman–Crippen MR) is 204 cm³/mol. The molecule has 49 heavy (non-hydrogen) atoms. The van der Waals surface area contributed by atoms with Crippen LogP contribution in [-0.4, -0.2) is 9.97 Å². The molecular weight excluding hydrogens is 597 g/mol. The second-order valence-corrected chi connectivity index (χ2v) is 12.6. The monoisotopic (exact) mass is 624 g/mol. The lowest BCUT2D eigenvalue weighted by Gasteiger charge is -2.15. The molecule has 0 aliphatic heterocycles. The van der Waals surface area contributed by atoms with E-state index >= 15 is 0 Å². The molecule has 10 rings (SSSR count). The van der Waals surface area contributed by atoms with Gasteiger partial charge in [0, 0.05) is 27.5 Å². The van der Waals surface area contributed by atoms with Crippen LogP contribution in [0.4, 0.5) is 0 Å². The van der Waals surface area contributed by atoms with E-state index in [0.29, 0.717) is 5.82 Å². The topological polar surface area (TPSA) is 38.9 Å². The minimum atomic E-state index is 0.692. The Balaban J connectivity index is 1.19. The van der Waals surface area contributed by atoms with Gasteiger partial charge in [-0.3, -0.25) is 0 Å². The van der Waals surface area contributed by atoms with Crippen LogP contribution in [0.2, 0.25) is 0 Å². The molecule has 2 heterocycles. The Hall–Kier alpha value is -6.58. The molecule has 8 aromatic carbocycles. The van der Waals surface area contributed by atoms with E-state index in [9.17, 15) is 0 Å². The zero-order valence-corrected chi connectivity index (χ0v) is 26.5. The van der Waals surface area contributed by atoms with Crippen LogP contribution in [0.3, 0.4) is 0 Å². The average molecular weight is 625 g/mol. The van der Waals surface area contributed by atoms with E-state index in [4.69, 9.17) is 14.4 Å². The smallest absolute Gasteiger partial charge is 0.160 e. The second-order valence-electron chi connectivity index (χ2n) is 12.6. The molecule has 3 heteroatoms. The summed E-state index contributed by atoms with van der Waals surface area (Å²) < 4.78 is 6.14. The SMILES string of the molecule is c1ccc(-c2nc(-c3cccc(-c4c5ccccc5cc5c4ccc4ccccc45)c3)cc(-c3ccc4oc5ccccc5c4c3)n2)cc1. The highest BCUT2D eigenvalue weighted by atomic mass is 16.3. The van der Waals surface area contributed by atoms with Gasteiger partial charge in [0.2, 0.25) is 0 Å². The maximum atomic E-state index is 6.14. The minimum absolute atomic E-state index is 0.692. The lowest BCUT2D eigenvalue weighted by atomic mass is 9.89. The number of nitrogens with zero attached hydrogens (tertiary/aromatic N) is 2. The zero-order chi connectivity index (χ0) is 32.3. The number of benzene rings is 8. The van der Waals surface area contributed by atoms with Crippen LogP contribution in [0.1, 0.15) is 0 Å². The van der Waals surface area contributed by atoms with Gasteiger partial charge in [-0.2, -0.15) is 0 Å². The predicted octanol–water partition coefficient (Wildman–Crippen LogP) is 12.5. The average Bonchev–Trinajstić information content (AvgIpc) is 3.55. The Labute approximate surface area is 282 Å². The lowest BCUT2D eigenvalue weighted by molar-refractivity contribution is 0.669. The zero-order valence-electron chi connectivity index (χ0n) is 26.5. The third kappa shape index (κ3) is 4.59. The van der Waals surface area contributed by atoms with Crippen LogP contribution in [0.25, 0.3) is 99.3 Å². The fourth-order valence-electron chi connectivity index (χ4n) is 7.31. The molecule has 0 aliphatic rings. The Morgan fingerprint density at radius 3 is 1.84 bits per heavy atom. The molecule has 228 valence electrons. The quantitative estimate of drug-likeness (QED) is 0.144. The van der Waals surface area contributed by atoms with Crippen molar-refractivity contribution in [3.05, 3.63) is 170 Å². The molecule has 0 aliphatic carbocycles. The number of rotatable bonds is 4. The highest BCUT2D eigenvalue weighted by Gasteiger charge is 2.16. The Bertz CT molecular complexity index is 2890. The molecule has 0 saturated carbocycles. The van der Waals surface area contributed by atoms with Crippen molar-refractivity contribution in [1.29, 1.82) is 0 Å². The molecule has 0 saturated heterocycles. The molecule has 2 aromatic heterocycles. The molecule has 3 nitrogen and oxygen atoms in total. The van der Waals surface area contributed by atoms with Crippen molar-refractivity contribution in [3.63, 3.8) is 0 Å². The van der Waals surface area contributed by atoms with Gasteiger partial charge in [-0.05, 0) is 85.9 Å². The van der Waals surface area contributed by atoms with Crippen molar-refractivity contribution in [2.45, 2.75) is 0 Å². The van der Waals surface area contributed by atoms with Gasteiger partial charge in [0.1, 0.15) is 11.2 Å². The van der Waals surface area contributed by atoms with Crippen LogP contribution in [-0.2, 0) is 0 Å². The largest absolute Gasteiger partial charge is 0.456 e. The Morgan fingerprint density at radius 2 is 0.980 bits per heavy atom. The molecule has 10 aromatic rings. The number of aromatic nitrogens is 2. The van der Waals surface area contributed by atoms with Crippen LogP contribution in [0.5, 0.6) is 0 Å². The molecule has 0 amide bonds. The number of hydrogen-bond donors (Lipinski definition) is 0. The fraction of sp³-hybridized carbons (Fsp3) is 0. The third-order valence-electron chi connectivity index (χ3n) is 9.65. The van der Waals surface area contributed by atoms with Gasteiger partial charge in [-0.25, -0.2) is 9.97 Å². The Kier molecular flexibility index (Phi) is 6.18. The Morgan fingerprint density at radius 1 is 0.327 bits per heavy atom. The van der Waals surface area contributed by atoms with Crippen LogP contribution >= 0.6 is 0 Å². The van der Waals surface area contributed by atoms with Gasteiger partial charge in [0.15, 0.2) is 5.82 Å². The summed E-state index contributed by atoms with van der Waals surface area (Å²) in [6.45, 7) is 0. The molecule has 0 spiro atoms. The molecule has 0 radical (unpaired) electrons. The summed E-state index contributed by atoms with van der Waals surface area (Å²) in [5, 5.41) is 9.64. The summed E-state index contributed by atoms with van der Waals surface area (Å²) in [4.78, 5) is 10.3. The van der Waals surface area contributed by atoms with E-state index in [2.05, 4.69) is 133 Å². The first-order chi connectivity index (χ1) is 24.3. The van der Waals surface area contributed by atoms with Crippen molar-refractivity contribution in [3.8, 4) is 45.0 Å². The first kappa shape index (κ1) is 27.5. The van der Waals surface area contributed by atoms with Crippen molar-refractivity contribution < 1.29 is 4.42 Å². The number of fused-ring (bicyclic) bond motifs is 7. The van der Waals surface area contributed by atoms with Gasteiger partial charge in [0.05, 0.1) is 11.4 Å². The molecule has 0 fully saturated rings. The first-order valence-electron chi connectivity index (χ1n) is 16.6. The summed E-state index contributed by atoms with van der Waals surface area (Å²) in [6, 6.07) is 59.8. The highest BCUT2D eigenvalue weighted by Crippen LogP contribution is 2.41. The highest BCUT2D eigenvalue weighted by molar-refractivity contribution is 6.20. The summed E-state index contributed by atoms with van der Waals surface area (Å²) in [7, 11) is 0. The molecule has 0 atom stereocenters. The van der Waals surface area contributed by atoms with E-state index in [-0.39, 0.29) is 0 Å². The van der Waals surface area contributed by atoms with Gasteiger partial charge in [0.25, 0.3) is 0 Å². The normalized spacial score (nSPS) is 11.7. The molecule has 0 unspecified atom stereocenters. The van der Waals surface area contributed by atoms with Gasteiger partial charge < -0.3 is 4.42 Å². The van der Waals surface area contributed by atoms with E-state index in [0.717, 1.165) is 55.6 Å². The van der Waals surface area contributed by atoms with E-state index < -0.39 is 0 Å². The van der Waals surface area contributed by atoms with Gasteiger partial charge in [-0.1, -0.05) is 127 Å². The van der Waals surface area contributed by atoms with E-state index in [1.807, 2.05) is 36.4 Å². The van der Waals surface area contributed by atoms with Crippen molar-refractivity contribution in [1.82, 2.24) is 9.97 Å². The fourth-order valence-corrected chi connectivity index (χ4v) is 7.31. The summed E-state index contributed by atoms with van der Waals surface area (Å²) >= 11 is 0. The standard InChI is InChI=1S/C46H28N2O/c1-2-12-30(13-3-1)46-47-41(28-42(48-46)33-22-24-44-40(27-33)37-19-8-9-20-43(37)49-44)32-15-10-16-34(25-32)45-36-18-7-5-14-31(36)26-39-35-17-6-4-11-29(35)21-23-38(39)45/h1-28H. The summed E-state index contributed by atoms with van der Waals surface area (Å²) in [5.41, 5.74) is 8.90. The van der Waals surface area contributed by atoms with E-state index in [1.165, 1.54) is 37.9 Å². The first-order valence-corrected chi connectivity index (χ1v) is 16.6. The molecule has 0 bridgehead atoms. The van der Waals surface area contributed by atoms with Crippen molar-refractivity contribution in [2.24, 2.45) is 0 Å². The van der Waals surface area contributed by atoms with Crippen molar-refractivity contribution in [2.75, 3.05) is 0 Å². The summed E-state index contributed by atoms with van der Waals surface area (Å²) in [6.07, 6.45) is 0. The minimum Gasteiger partial charge on any atom is -0.456 e. The second kappa shape index (κ2) is 11.0. The number of furan rings is 1. The third-order valence-corrected chi connectivity index (χ3v) is 9.65. The van der Waals surface area contributed by atoms with Crippen LogP contribution in [0, 0.1) is 0 Å². The van der Waals surface area contributed by atoms with Crippen LogP contribution < -0.4 is 0 Å².